The van der Waals surface area contributed by atoms with Crippen molar-refractivity contribution in [1.82, 2.24) is 0 Å². The van der Waals surface area contributed by atoms with Crippen molar-refractivity contribution in [3.63, 3.8) is 0 Å². The maximum Gasteiger partial charge on any atom is 0.416 e. The van der Waals surface area contributed by atoms with Crippen molar-refractivity contribution in [2.45, 2.75) is 12.4 Å². The second-order valence-corrected chi connectivity index (χ2v) is 5.20. The molecule has 0 spiro atoms. The van der Waals surface area contributed by atoms with Crippen LogP contribution in [-0.2, 0) is 12.4 Å². The molecule has 0 nitrogen and oxygen atoms in total. The van der Waals surface area contributed by atoms with Gasteiger partial charge in [0, 0.05) is 21.2 Å². The molecule has 0 fully saturated rings. The van der Waals surface area contributed by atoms with E-state index in [1.807, 2.05) is 0 Å². The van der Waals surface area contributed by atoms with Crippen LogP contribution < -0.4 is 0 Å². The van der Waals surface area contributed by atoms with Crippen LogP contribution in [0.2, 0.25) is 10.0 Å². The zero-order valence-corrected chi connectivity index (χ0v) is 12.0. The van der Waals surface area contributed by atoms with E-state index < -0.39 is 23.5 Å². The Bertz CT molecular complexity index is 642. The SMILES string of the molecule is FC(F)(F)c1ccc(-c2ccc(C(F)(F)F)cc2Cl)c(Cl)c1. The molecule has 118 valence electrons. The molecule has 0 aliphatic heterocycles. The topological polar surface area (TPSA) is 0 Å². The van der Waals surface area contributed by atoms with Crippen molar-refractivity contribution in [3.8, 4) is 11.1 Å². The van der Waals surface area contributed by atoms with Crippen LogP contribution in [0.5, 0.6) is 0 Å². The van der Waals surface area contributed by atoms with Crippen LogP contribution in [0.3, 0.4) is 0 Å². The first kappa shape index (κ1) is 17.0. The van der Waals surface area contributed by atoms with Gasteiger partial charge in [0.1, 0.15) is 0 Å². The predicted molar refractivity (Wildman–Crippen MR) is 71.9 cm³/mol. The van der Waals surface area contributed by atoms with E-state index in [0.29, 0.717) is 12.1 Å². The zero-order valence-electron chi connectivity index (χ0n) is 10.5. The van der Waals surface area contributed by atoms with Gasteiger partial charge in [0.05, 0.1) is 11.1 Å². The molecule has 2 aromatic rings. The normalized spacial score (nSPS) is 12.5. The predicted octanol–water partition coefficient (Wildman–Crippen LogP) is 6.70. The van der Waals surface area contributed by atoms with Crippen molar-refractivity contribution in [2.24, 2.45) is 0 Å². The summed E-state index contributed by atoms with van der Waals surface area (Å²) < 4.78 is 75.3. The maximum atomic E-state index is 12.6. The Morgan fingerprint density at radius 1 is 0.591 bits per heavy atom. The molecule has 0 aliphatic carbocycles. The van der Waals surface area contributed by atoms with Crippen molar-refractivity contribution >= 4 is 23.2 Å². The molecule has 0 aromatic heterocycles. The van der Waals surface area contributed by atoms with Crippen LogP contribution in [0.25, 0.3) is 11.1 Å². The molecular weight excluding hydrogens is 353 g/mol. The summed E-state index contributed by atoms with van der Waals surface area (Å²) in [7, 11) is 0. The van der Waals surface area contributed by atoms with Crippen molar-refractivity contribution < 1.29 is 26.3 Å². The van der Waals surface area contributed by atoms with Gasteiger partial charge in [-0.1, -0.05) is 35.3 Å². The minimum absolute atomic E-state index is 0.119. The first-order valence-electron chi connectivity index (χ1n) is 5.74. The minimum atomic E-state index is -4.56. The van der Waals surface area contributed by atoms with E-state index in [4.69, 9.17) is 23.2 Å². The van der Waals surface area contributed by atoms with E-state index in [2.05, 4.69) is 0 Å². The third-order valence-electron chi connectivity index (χ3n) is 2.88. The highest BCUT2D eigenvalue weighted by atomic mass is 35.5. The van der Waals surface area contributed by atoms with Crippen LogP contribution in [0.1, 0.15) is 11.1 Å². The second-order valence-electron chi connectivity index (χ2n) is 4.38. The largest absolute Gasteiger partial charge is 0.416 e. The van der Waals surface area contributed by atoms with Crippen molar-refractivity contribution in [3.05, 3.63) is 57.6 Å². The smallest absolute Gasteiger partial charge is 0.166 e. The average molecular weight is 359 g/mol. The summed E-state index contributed by atoms with van der Waals surface area (Å²) in [5.74, 6) is 0. The van der Waals surface area contributed by atoms with E-state index in [-0.39, 0.29) is 21.2 Å². The van der Waals surface area contributed by atoms with E-state index in [0.717, 1.165) is 24.3 Å². The van der Waals surface area contributed by atoms with E-state index in [1.54, 1.807) is 0 Å². The van der Waals surface area contributed by atoms with Gasteiger partial charge in [-0.25, -0.2) is 0 Å². The van der Waals surface area contributed by atoms with E-state index in [9.17, 15) is 26.3 Å². The van der Waals surface area contributed by atoms with Crippen LogP contribution in [0.15, 0.2) is 36.4 Å². The molecule has 0 radical (unpaired) electrons. The van der Waals surface area contributed by atoms with Gasteiger partial charge >= 0.3 is 12.4 Å². The Balaban J connectivity index is 2.49. The lowest BCUT2D eigenvalue weighted by atomic mass is 10.0. The summed E-state index contributed by atoms with van der Waals surface area (Å²) in [6.45, 7) is 0. The number of hydrogen-bond acceptors (Lipinski definition) is 0. The van der Waals surface area contributed by atoms with E-state index in [1.165, 1.54) is 0 Å². The van der Waals surface area contributed by atoms with Crippen LogP contribution in [0.4, 0.5) is 26.3 Å². The maximum absolute atomic E-state index is 12.6. The number of rotatable bonds is 1. The molecule has 0 atom stereocenters. The monoisotopic (exact) mass is 358 g/mol. The highest BCUT2D eigenvalue weighted by Crippen LogP contribution is 2.40. The third kappa shape index (κ3) is 3.50. The Hall–Kier alpha value is -1.40. The molecule has 8 heteroatoms. The summed E-state index contributed by atoms with van der Waals surface area (Å²) in [5.41, 5.74) is -1.67. The van der Waals surface area contributed by atoms with Crippen LogP contribution in [-0.4, -0.2) is 0 Å². The molecular formula is C14H6Cl2F6. The summed E-state index contributed by atoms with van der Waals surface area (Å²) in [5, 5.41) is -0.507. The summed E-state index contributed by atoms with van der Waals surface area (Å²) in [6, 6.07) is 5.11. The fourth-order valence-electron chi connectivity index (χ4n) is 1.82. The molecule has 0 unspecified atom stereocenters. The molecule has 2 aromatic carbocycles. The van der Waals surface area contributed by atoms with Crippen molar-refractivity contribution in [1.29, 1.82) is 0 Å². The number of hydrogen-bond donors (Lipinski definition) is 0. The lowest BCUT2D eigenvalue weighted by Gasteiger charge is -2.13. The van der Waals surface area contributed by atoms with Gasteiger partial charge in [-0.15, -0.1) is 0 Å². The van der Waals surface area contributed by atoms with E-state index >= 15 is 0 Å². The van der Waals surface area contributed by atoms with Gasteiger partial charge < -0.3 is 0 Å². The van der Waals surface area contributed by atoms with Crippen LogP contribution >= 0.6 is 23.2 Å². The highest BCUT2D eigenvalue weighted by molar-refractivity contribution is 6.36. The average Bonchev–Trinajstić information content (AvgIpc) is 2.37. The zero-order chi connectivity index (χ0) is 16.7. The molecule has 0 saturated carbocycles. The van der Waals surface area contributed by atoms with Gasteiger partial charge in [-0.05, 0) is 24.3 Å². The van der Waals surface area contributed by atoms with Gasteiger partial charge in [0.2, 0.25) is 0 Å². The Labute approximate surface area is 131 Å². The van der Waals surface area contributed by atoms with Crippen LogP contribution in [0, 0.1) is 0 Å². The molecule has 0 heterocycles. The standard InChI is InChI=1S/C14H6Cl2F6/c15-11-5-7(13(17,18)19)1-3-9(11)10-4-2-8(6-12(10)16)14(20,21)22/h1-6H. The van der Waals surface area contributed by atoms with Gasteiger partial charge in [0.25, 0.3) is 0 Å². The Kier molecular flexibility index (Phi) is 4.37. The lowest BCUT2D eigenvalue weighted by Crippen LogP contribution is -2.05. The number of halogens is 8. The molecule has 0 saturated heterocycles. The van der Waals surface area contributed by atoms with Gasteiger partial charge in [-0.3, -0.25) is 0 Å². The fraction of sp³-hybridized carbons (Fsp3) is 0.143. The highest BCUT2D eigenvalue weighted by Gasteiger charge is 2.32. The first-order valence-corrected chi connectivity index (χ1v) is 6.49. The molecule has 0 N–H and O–H groups in total. The second kappa shape index (κ2) is 5.66. The van der Waals surface area contributed by atoms with Crippen molar-refractivity contribution in [2.75, 3.05) is 0 Å². The lowest BCUT2D eigenvalue weighted by molar-refractivity contribution is -0.138. The fourth-order valence-corrected chi connectivity index (χ4v) is 2.38. The minimum Gasteiger partial charge on any atom is -0.166 e. The number of benzene rings is 2. The Morgan fingerprint density at radius 2 is 0.909 bits per heavy atom. The molecule has 0 amide bonds. The third-order valence-corrected chi connectivity index (χ3v) is 3.51. The summed E-state index contributed by atoms with van der Waals surface area (Å²) in [4.78, 5) is 0. The molecule has 2 rings (SSSR count). The van der Waals surface area contributed by atoms with Gasteiger partial charge in [-0.2, -0.15) is 26.3 Å². The first-order chi connectivity index (χ1) is 10.00. The summed E-state index contributed by atoms with van der Waals surface area (Å²) in [6.07, 6.45) is -9.13. The summed E-state index contributed by atoms with van der Waals surface area (Å²) >= 11 is 11.6. The molecule has 0 bridgehead atoms. The number of alkyl halides is 6. The van der Waals surface area contributed by atoms with Gasteiger partial charge in [0.15, 0.2) is 0 Å². The molecule has 0 aliphatic rings. The molecule has 22 heavy (non-hydrogen) atoms. The Morgan fingerprint density at radius 3 is 1.14 bits per heavy atom. The quantitative estimate of drug-likeness (QED) is 0.497.